The molecule has 2 aromatic rings. The van der Waals surface area contributed by atoms with Crippen molar-refractivity contribution in [2.24, 2.45) is 0 Å². The first kappa shape index (κ1) is 20.6. The zero-order valence-electron chi connectivity index (χ0n) is 13.6. The number of halogens is 6. The van der Waals surface area contributed by atoms with Crippen molar-refractivity contribution in [1.29, 1.82) is 0 Å². The monoisotopic (exact) mass is 396 g/mol. The standard InChI is InChI=1S/C15H14F6N4O2/c1-2-3-4-25-7-9(24-13(25)11(26)14(16,17)18)8-5-10(12(22)23-6-8)27-15(19,20)21/h2,5-7,11,26H,1,3-4H2,(H2,22,23). The summed E-state index contributed by atoms with van der Waals surface area (Å²) in [4.78, 5) is 7.24. The van der Waals surface area contributed by atoms with Gasteiger partial charge in [0.2, 0.25) is 6.10 Å². The van der Waals surface area contributed by atoms with Crippen molar-refractivity contribution >= 4 is 5.82 Å². The molecule has 0 aliphatic carbocycles. The number of aliphatic hydroxyl groups excluding tert-OH is 1. The predicted octanol–water partition coefficient (Wildman–Crippen LogP) is 3.60. The Labute approximate surface area is 148 Å². The van der Waals surface area contributed by atoms with E-state index in [1.165, 1.54) is 6.08 Å². The van der Waals surface area contributed by atoms with E-state index in [-0.39, 0.29) is 24.2 Å². The third kappa shape index (κ3) is 5.12. The maximum Gasteiger partial charge on any atom is 0.573 e. The van der Waals surface area contributed by atoms with Crippen LogP contribution in [0.2, 0.25) is 0 Å². The summed E-state index contributed by atoms with van der Waals surface area (Å²) in [6.07, 6.45) is -8.97. The Morgan fingerprint density at radius 1 is 1.30 bits per heavy atom. The fraction of sp³-hybridized carbons (Fsp3) is 0.333. The van der Waals surface area contributed by atoms with Gasteiger partial charge in [-0.05, 0) is 12.5 Å². The maximum atomic E-state index is 12.9. The van der Waals surface area contributed by atoms with E-state index in [9.17, 15) is 31.4 Å². The van der Waals surface area contributed by atoms with Crippen LogP contribution in [-0.4, -0.2) is 32.2 Å². The molecular formula is C15H14F6N4O2. The molecule has 0 aliphatic rings. The molecule has 1 atom stereocenters. The van der Waals surface area contributed by atoms with Crippen LogP contribution >= 0.6 is 0 Å². The summed E-state index contributed by atoms with van der Waals surface area (Å²) in [6.45, 7) is 3.48. The summed E-state index contributed by atoms with van der Waals surface area (Å²) in [7, 11) is 0. The molecule has 6 nitrogen and oxygen atoms in total. The van der Waals surface area contributed by atoms with Crippen LogP contribution in [0.25, 0.3) is 11.3 Å². The SMILES string of the molecule is C=CCCn1cc(-c2cnc(N)c(OC(F)(F)F)c2)nc1C(O)C(F)(F)F. The molecule has 0 fully saturated rings. The van der Waals surface area contributed by atoms with E-state index in [0.29, 0.717) is 0 Å². The Morgan fingerprint density at radius 2 is 1.96 bits per heavy atom. The molecule has 148 valence electrons. The molecule has 0 aliphatic heterocycles. The summed E-state index contributed by atoms with van der Waals surface area (Å²) in [5, 5.41) is 9.51. The van der Waals surface area contributed by atoms with Crippen molar-refractivity contribution < 1.29 is 36.2 Å². The Kier molecular flexibility index (Phi) is 5.68. The molecule has 12 heteroatoms. The number of aromatic nitrogens is 3. The maximum absolute atomic E-state index is 12.9. The second kappa shape index (κ2) is 7.47. The van der Waals surface area contributed by atoms with Gasteiger partial charge < -0.3 is 20.1 Å². The number of nitrogen functional groups attached to an aromatic ring is 1. The number of hydrogen-bond acceptors (Lipinski definition) is 5. The highest BCUT2D eigenvalue weighted by Gasteiger charge is 2.42. The van der Waals surface area contributed by atoms with E-state index in [2.05, 4.69) is 21.3 Å². The lowest BCUT2D eigenvalue weighted by Gasteiger charge is -2.15. The van der Waals surface area contributed by atoms with Gasteiger partial charge in [0, 0.05) is 24.5 Å². The first-order chi connectivity index (χ1) is 12.4. The summed E-state index contributed by atoms with van der Waals surface area (Å²) >= 11 is 0. The van der Waals surface area contributed by atoms with Crippen LogP contribution in [0.15, 0.2) is 31.1 Å². The Hall–Kier alpha value is -2.76. The normalized spacial score (nSPS) is 13.4. The summed E-state index contributed by atoms with van der Waals surface area (Å²) in [6, 6.07) is 0.847. The van der Waals surface area contributed by atoms with Crippen LogP contribution in [0.5, 0.6) is 5.75 Å². The molecule has 0 radical (unpaired) electrons. The first-order valence-electron chi connectivity index (χ1n) is 7.36. The van der Waals surface area contributed by atoms with E-state index in [1.807, 2.05) is 0 Å². The average molecular weight is 396 g/mol. The van der Waals surface area contributed by atoms with Gasteiger partial charge in [-0.3, -0.25) is 0 Å². The minimum atomic E-state index is -5.03. The lowest BCUT2D eigenvalue weighted by Crippen LogP contribution is -2.23. The smallest absolute Gasteiger partial charge is 0.402 e. The molecule has 1 unspecified atom stereocenters. The van der Waals surface area contributed by atoms with Crippen LogP contribution in [-0.2, 0) is 6.54 Å². The largest absolute Gasteiger partial charge is 0.573 e. The van der Waals surface area contributed by atoms with Gasteiger partial charge in [0.25, 0.3) is 0 Å². The van der Waals surface area contributed by atoms with Crippen molar-refractivity contribution in [2.75, 3.05) is 5.73 Å². The second-order valence-corrected chi connectivity index (χ2v) is 5.35. The van der Waals surface area contributed by atoms with Gasteiger partial charge in [-0.1, -0.05) is 6.08 Å². The summed E-state index contributed by atoms with van der Waals surface area (Å²) < 4.78 is 80.6. The minimum Gasteiger partial charge on any atom is -0.402 e. The third-order valence-corrected chi connectivity index (χ3v) is 3.34. The molecule has 27 heavy (non-hydrogen) atoms. The van der Waals surface area contributed by atoms with Gasteiger partial charge in [0.15, 0.2) is 11.6 Å². The summed E-state index contributed by atoms with van der Waals surface area (Å²) in [5.74, 6) is -2.09. The van der Waals surface area contributed by atoms with Gasteiger partial charge in [-0.25, -0.2) is 9.97 Å². The van der Waals surface area contributed by atoms with Crippen molar-refractivity contribution in [3.63, 3.8) is 0 Å². The van der Waals surface area contributed by atoms with Crippen LogP contribution in [0.3, 0.4) is 0 Å². The first-order valence-corrected chi connectivity index (χ1v) is 7.36. The predicted molar refractivity (Wildman–Crippen MR) is 82.4 cm³/mol. The number of imidazole rings is 1. The number of ether oxygens (including phenoxy) is 1. The Bertz CT molecular complexity index is 816. The molecule has 2 heterocycles. The third-order valence-electron chi connectivity index (χ3n) is 3.34. The van der Waals surface area contributed by atoms with Gasteiger partial charge in [0.1, 0.15) is 5.82 Å². The van der Waals surface area contributed by atoms with E-state index < -0.39 is 36.0 Å². The van der Waals surface area contributed by atoms with E-state index >= 15 is 0 Å². The number of nitrogens with zero attached hydrogens (tertiary/aromatic N) is 3. The molecule has 2 rings (SSSR count). The Morgan fingerprint density at radius 3 is 2.52 bits per heavy atom. The number of alkyl halides is 6. The van der Waals surface area contributed by atoms with Crippen LogP contribution in [0.4, 0.5) is 32.2 Å². The number of anilines is 1. The zero-order chi connectivity index (χ0) is 20.4. The van der Waals surface area contributed by atoms with Gasteiger partial charge in [0.05, 0.1) is 5.69 Å². The number of hydrogen-bond donors (Lipinski definition) is 2. The zero-order valence-corrected chi connectivity index (χ0v) is 13.6. The van der Waals surface area contributed by atoms with Crippen molar-refractivity contribution in [2.45, 2.75) is 31.6 Å². The lowest BCUT2D eigenvalue weighted by atomic mass is 10.2. The molecule has 0 amide bonds. The van der Waals surface area contributed by atoms with Crippen molar-refractivity contribution in [3.8, 4) is 17.0 Å². The number of pyridine rings is 1. The number of nitrogens with two attached hydrogens (primary N) is 1. The number of rotatable bonds is 6. The van der Waals surface area contributed by atoms with Gasteiger partial charge >= 0.3 is 12.5 Å². The van der Waals surface area contributed by atoms with Gasteiger partial charge in [-0.15, -0.1) is 19.8 Å². The number of allylic oxidation sites excluding steroid dienone is 1. The number of aryl methyl sites for hydroxylation is 1. The Balaban J connectivity index is 2.48. The van der Waals surface area contributed by atoms with E-state index in [4.69, 9.17) is 5.73 Å². The van der Waals surface area contributed by atoms with Crippen LogP contribution in [0, 0.1) is 0 Å². The summed E-state index contributed by atoms with van der Waals surface area (Å²) in [5.41, 5.74) is 5.10. The van der Waals surface area contributed by atoms with E-state index in [1.54, 1.807) is 0 Å². The molecule has 0 saturated carbocycles. The average Bonchev–Trinajstić information content (AvgIpc) is 2.96. The fourth-order valence-corrected chi connectivity index (χ4v) is 2.15. The highest BCUT2D eigenvalue weighted by Crippen LogP contribution is 2.35. The molecule has 2 aromatic heterocycles. The second-order valence-electron chi connectivity index (χ2n) is 5.35. The minimum absolute atomic E-state index is 0.0211. The van der Waals surface area contributed by atoms with Crippen molar-refractivity contribution in [1.82, 2.24) is 14.5 Å². The van der Waals surface area contributed by atoms with Crippen LogP contribution in [0.1, 0.15) is 18.3 Å². The van der Waals surface area contributed by atoms with Crippen molar-refractivity contribution in [3.05, 3.63) is 36.9 Å². The van der Waals surface area contributed by atoms with Gasteiger partial charge in [-0.2, -0.15) is 13.2 Å². The lowest BCUT2D eigenvalue weighted by molar-refractivity contribution is -0.274. The molecule has 3 N–H and O–H groups in total. The fourth-order valence-electron chi connectivity index (χ4n) is 2.15. The topological polar surface area (TPSA) is 86.2 Å². The molecule has 0 bridgehead atoms. The van der Waals surface area contributed by atoms with Crippen LogP contribution < -0.4 is 10.5 Å². The molecular weight excluding hydrogens is 382 g/mol. The molecule has 0 saturated heterocycles. The molecule has 0 aromatic carbocycles. The van der Waals surface area contributed by atoms with E-state index in [0.717, 1.165) is 23.0 Å². The molecule has 0 spiro atoms. The highest BCUT2D eigenvalue weighted by atomic mass is 19.4. The number of aliphatic hydroxyl groups is 1. The highest BCUT2D eigenvalue weighted by molar-refractivity contribution is 5.63. The quantitative estimate of drug-likeness (QED) is 0.576.